The quantitative estimate of drug-likeness (QED) is 0.654. The highest BCUT2D eigenvalue weighted by Crippen LogP contribution is 2.24. The van der Waals surface area contributed by atoms with Gasteiger partial charge in [0.2, 0.25) is 0 Å². The molecule has 2 rings (SSSR count). The number of nitrogens with one attached hydrogen (secondary N) is 2. The zero-order valence-corrected chi connectivity index (χ0v) is 12.4. The Balaban J connectivity index is 1.65. The maximum absolute atomic E-state index is 11.7. The smallest absolute Gasteiger partial charge is 0.309 e. The lowest BCUT2D eigenvalue weighted by Crippen LogP contribution is -2.43. The molecule has 1 saturated carbocycles. The van der Waals surface area contributed by atoms with Crippen LogP contribution in [0.4, 0.5) is 0 Å². The van der Waals surface area contributed by atoms with Crippen LogP contribution in [-0.4, -0.2) is 24.4 Å². The molecule has 114 valence electrons. The summed E-state index contributed by atoms with van der Waals surface area (Å²) in [5.41, 5.74) is 4.49. The minimum Gasteiger partial charge on any atom is -0.455 e. The van der Waals surface area contributed by atoms with Crippen LogP contribution in [0.15, 0.2) is 17.5 Å². The van der Waals surface area contributed by atoms with Gasteiger partial charge in [0.15, 0.2) is 6.61 Å². The molecule has 0 spiro atoms. The fourth-order valence-electron chi connectivity index (χ4n) is 2.22. The molecule has 0 atom stereocenters. The highest BCUT2D eigenvalue weighted by atomic mass is 32.1. The molecule has 1 aliphatic carbocycles. The Morgan fingerprint density at radius 3 is 2.62 bits per heavy atom. The molecule has 0 unspecified atom stereocenters. The van der Waals surface area contributed by atoms with Crippen molar-refractivity contribution in [2.45, 2.75) is 32.1 Å². The molecule has 7 heteroatoms. The zero-order valence-electron chi connectivity index (χ0n) is 11.6. The van der Waals surface area contributed by atoms with E-state index in [2.05, 4.69) is 10.9 Å². The van der Waals surface area contributed by atoms with E-state index in [1.54, 1.807) is 17.5 Å². The predicted octanol–water partition coefficient (Wildman–Crippen LogP) is 1.63. The van der Waals surface area contributed by atoms with Crippen molar-refractivity contribution >= 4 is 29.1 Å². The molecule has 1 heterocycles. The van der Waals surface area contributed by atoms with Gasteiger partial charge in [0.05, 0.1) is 10.8 Å². The second kappa shape index (κ2) is 7.78. The topological polar surface area (TPSA) is 84.5 Å². The van der Waals surface area contributed by atoms with Crippen molar-refractivity contribution < 1.29 is 19.1 Å². The van der Waals surface area contributed by atoms with Gasteiger partial charge in [0.25, 0.3) is 11.8 Å². The highest BCUT2D eigenvalue weighted by Gasteiger charge is 2.23. The molecule has 1 aromatic rings. The number of hydrogen-bond acceptors (Lipinski definition) is 5. The highest BCUT2D eigenvalue weighted by molar-refractivity contribution is 7.12. The lowest BCUT2D eigenvalue weighted by atomic mass is 9.89. The molecule has 2 amide bonds. The van der Waals surface area contributed by atoms with E-state index in [1.165, 1.54) is 11.3 Å². The number of esters is 1. The Morgan fingerprint density at radius 2 is 1.95 bits per heavy atom. The maximum Gasteiger partial charge on any atom is 0.309 e. The Bertz CT molecular complexity index is 495. The molecule has 0 bridgehead atoms. The van der Waals surface area contributed by atoms with Crippen LogP contribution in [-0.2, 0) is 14.3 Å². The van der Waals surface area contributed by atoms with Crippen LogP contribution in [0, 0.1) is 5.92 Å². The number of amides is 2. The summed E-state index contributed by atoms with van der Waals surface area (Å²) < 4.78 is 4.97. The summed E-state index contributed by atoms with van der Waals surface area (Å²) in [6.45, 7) is -0.375. The van der Waals surface area contributed by atoms with Crippen molar-refractivity contribution in [3.63, 3.8) is 0 Å². The summed E-state index contributed by atoms with van der Waals surface area (Å²) in [5, 5.41) is 1.77. The number of hydrazine groups is 1. The van der Waals surface area contributed by atoms with Crippen LogP contribution in [0.3, 0.4) is 0 Å². The predicted molar refractivity (Wildman–Crippen MR) is 77.5 cm³/mol. The molecule has 1 aliphatic rings. The van der Waals surface area contributed by atoms with Gasteiger partial charge in [-0.05, 0) is 24.3 Å². The molecular weight excluding hydrogens is 292 g/mol. The minimum absolute atomic E-state index is 0.0905. The fourth-order valence-corrected chi connectivity index (χ4v) is 2.84. The third kappa shape index (κ3) is 4.86. The molecule has 1 aromatic heterocycles. The molecule has 0 saturated heterocycles. The van der Waals surface area contributed by atoms with E-state index >= 15 is 0 Å². The van der Waals surface area contributed by atoms with Gasteiger partial charge in [-0.25, -0.2) is 0 Å². The number of carbonyl (C=O) groups excluding carboxylic acids is 3. The first-order valence-corrected chi connectivity index (χ1v) is 7.84. The average Bonchev–Trinajstić information content (AvgIpc) is 3.05. The molecular formula is C14H18N2O4S. The van der Waals surface area contributed by atoms with Gasteiger partial charge in [0, 0.05) is 0 Å². The Labute approximate surface area is 126 Å². The van der Waals surface area contributed by atoms with Gasteiger partial charge in [-0.1, -0.05) is 25.3 Å². The molecule has 6 nitrogen and oxygen atoms in total. The van der Waals surface area contributed by atoms with Crippen LogP contribution in [0.2, 0.25) is 0 Å². The number of hydrogen-bond donors (Lipinski definition) is 2. The third-order valence-corrected chi connectivity index (χ3v) is 4.21. The van der Waals surface area contributed by atoms with Crippen molar-refractivity contribution in [3.05, 3.63) is 22.4 Å². The summed E-state index contributed by atoms with van der Waals surface area (Å²) in [6, 6.07) is 3.39. The number of thiophene rings is 1. The molecule has 2 N–H and O–H groups in total. The first kappa shape index (κ1) is 15.5. The lowest BCUT2D eigenvalue weighted by molar-refractivity contribution is -0.153. The SMILES string of the molecule is O=C(COC(=O)C1CCCCC1)NNC(=O)c1cccs1. The van der Waals surface area contributed by atoms with Crippen LogP contribution in [0.5, 0.6) is 0 Å². The second-order valence-electron chi connectivity index (χ2n) is 4.92. The summed E-state index contributed by atoms with van der Waals surface area (Å²) in [5.74, 6) is -1.36. The van der Waals surface area contributed by atoms with E-state index in [0.29, 0.717) is 4.88 Å². The summed E-state index contributed by atoms with van der Waals surface area (Å²) in [6.07, 6.45) is 4.87. The summed E-state index contributed by atoms with van der Waals surface area (Å²) in [7, 11) is 0. The number of rotatable bonds is 4. The van der Waals surface area contributed by atoms with Gasteiger partial charge in [-0.2, -0.15) is 0 Å². The average molecular weight is 310 g/mol. The zero-order chi connectivity index (χ0) is 15.1. The van der Waals surface area contributed by atoms with Crippen molar-refractivity contribution in [2.75, 3.05) is 6.61 Å². The molecule has 0 aromatic carbocycles. The van der Waals surface area contributed by atoms with Crippen LogP contribution >= 0.6 is 11.3 Å². The first-order valence-electron chi connectivity index (χ1n) is 6.96. The fraction of sp³-hybridized carbons (Fsp3) is 0.500. The van der Waals surface area contributed by atoms with Gasteiger partial charge in [0.1, 0.15) is 0 Å². The summed E-state index contributed by atoms with van der Waals surface area (Å²) >= 11 is 1.27. The Morgan fingerprint density at radius 1 is 1.19 bits per heavy atom. The van der Waals surface area contributed by atoms with Gasteiger partial charge < -0.3 is 4.74 Å². The molecule has 21 heavy (non-hydrogen) atoms. The van der Waals surface area contributed by atoms with E-state index in [4.69, 9.17) is 4.74 Å². The second-order valence-corrected chi connectivity index (χ2v) is 5.87. The van der Waals surface area contributed by atoms with E-state index in [-0.39, 0.29) is 18.5 Å². The van der Waals surface area contributed by atoms with E-state index in [0.717, 1.165) is 32.1 Å². The Hall–Kier alpha value is -1.89. The molecule has 0 radical (unpaired) electrons. The van der Waals surface area contributed by atoms with Crippen molar-refractivity contribution in [3.8, 4) is 0 Å². The lowest BCUT2D eigenvalue weighted by Gasteiger charge is -2.19. The standard InChI is InChI=1S/C14H18N2O4S/c17-12(15-16-13(18)11-7-4-8-21-11)9-20-14(19)10-5-2-1-3-6-10/h4,7-8,10H,1-3,5-6,9H2,(H,15,17)(H,16,18). The maximum atomic E-state index is 11.7. The Kier molecular flexibility index (Phi) is 5.74. The van der Waals surface area contributed by atoms with Crippen LogP contribution in [0.25, 0.3) is 0 Å². The minimum atomic E-state index is -0.552. The van der Waals surface area contributed by atoms with E-state index < -0.39 is 11.8 Å². The van der Waals surface area contributed by atoms with Gasteiger partial charge >= 0.3 is 5.97 Å². The molecule has 0 aliphatic heterocycles. The van der Waals surface area contributed by atoms with Crippen molar-refractivity contribution in [2.24, 2.45) is 5.92 Å². The summed E-state index contributed by atoms with van der Waals surface area (Å²) in [4.78, 5) is 35.3. The van der Waals surface area contributed by atoms with E-state index in [9.17, 15) is 14.4 Å². The largest absolute Gasteiger partial charge is 0.455 e. The monoisotopic (exact) mass is 310 g/mol. The van der Waals surface area contributed by atoms with Crippen LogP contribution < -0.4 is 10.9 Å². The van der Waals surface area contributed by atoms with Crippen molar-refractivity contribution in [1.29, 1.82) is 0 Å². The third-order valence-electron chi connectivity index (χ3n) is 3.34. The number of carbonyl (C=O) groups is 3. The van der Waals surface area contributed by atoms with Crippen molar-refractivity contribution in [1.82, 2.24) is 10.9 Å². The van der Waals surface area contributed by atoms with Crippen LogP contribution in [0.1, 0.15) is 41.8 Å². The van der Waals surface area contributed by atoms with Gasteiger partial charge in [-0.15, -0.1) is 11.3 Å². The first-order chi connectivity index (χ1) is 10.2. The van der Waals surface area contributed by atoms with E-state index in [1.807, 2.05) is 0 Å². The van der Waals surface area contributed by atoms with Gasteiger partial charge in [-0.3, -0.25) is 25.2 Å². The molecule has 1 fully saturated rings. The number of ether oxygens (including phenoxy) is 1. The normalized spacial score (nSPS) is 15.2.